The van der Waals surface area contributed by atoms with Crippen molar-refractivity contribution in [3.63, 3.8) is 0 Å². The van der Waals surface area contributed by atoms with Crippen molar-refractivity contribution in [3.8, 4) is 17.1 Å². The van der Waals surface area contributed by atoms with Crippen molar-refractivity contribution in [2.45, 2.75) is 25.3 Å². The lowest BCUT2D eigenvalue weighted by Gasteiger charge is -2.26. The van der Waals surface area contributed by atoms with Crippen molar-refractivity contribution >= 4 is 17.5 Å². The molecular formula is C21H19ClN2O3. The Morgan fingerprint density at radius 2 is 2.00 bits per heavy atom. The maximum absolute atomic E-state index is 12.4. The second-order valence-corrected chi connectivity index (χ2v) is 6.86. The van der Waals surface area contributed by atoms with Gasteiger partial charge in [0.2, 0.25) is 5.91 Å². The van der Waals surface area contributed by atoms with E-state index < -0.39 is 0 Å². The molecule has 5 nitrogen and oxygen atoms in total. The lowest BCUT2D eigenvalue weighted by molar-refractivity contribution is -0.122. The Kier molecular flexibility index (Phi) is 5.12. The highest BCUT2D eigenvalue weighted by molar-refractivity contribution is 6.30. The van der Waals surface area contributed by atoms with Crippen LogP contribution >= 0.6 is 11.6 Å². The van der Waals surface area contributed by atoms with E-state index >= 15 is 0 Å². The summed E-state index contributed by atoms with van der Waals surface area (Å²) in [6.45, 7) is 0.603. The number of nitrogens with one attached hydrogen (secondary N) is 1. The van der Waals surface area contributed by atoms with Gasteiger partial charge in [-0.15, -0.1) is 0 Å². The maximum atomic E-state index is 12.4. The Morgan fingerprint density at radius 3 is 2.85 bits per heavy atom. The number of carbonyl (C=O) groups excluding carboxylic acids is 1. The Hall–Kier alpha value is -2.79. The summed E-state index contributed by atoms with van der Waals surface area (Å²) in [7, 11) is 0. The van der Waals surface area contributed by atoms with Crippen molar-refractivity contribution < 1.29 is 13.9 Å². The SMILES string of the molecule is O=C(CCc1ncc(-c2ccc(Cl)cc2)o1)N[C@@H]1CCOc2ccccc21. The fourth-order valence-electron chi connectivity index (χ4n) is 3.15. The van der Waals surface area contributed by atoms with Crippen LogP contribution in [0.1, 0.15) is 30.3 Å². The van der Waals surface area contributed by atoms with E-state index in [0.717, 1.165) is 23.3 Å². The molecule has 0 radical (unpaired) electrons. The van der Waals surface area contributed by atoms with Gasteiger partial charge in [-0.2, -0.15) is 0 Å². The fraction of sp³-hybridized carbons (Fsp3) is 0.238. The molecule has 0 bridgehead atoms. The molecule has 27 heavy (non-hydrogen) atoms. The number of oxazole rings is 1. The smallest absolute Gasteiger partial charge is 0.220 e. The minimum absolute atomic E-state index is 0.0170. The zero-order chi connectivity index (χ0) is 18.6. The standard InChI is InChI=1S/C21H19ClN2O3/c22-15-7-5-14(6-8-15)19-13-23-21(27-19)10-9-20(25)24-17-11-12-26-18-4-2-1-3-16(17)18/h1-8,13,17H,9-12H2,(H,24,25)/t17-/m1/s1. The molecular weight excluding hydrogens is 364 g/mol. The Balaban J connectivity index is 1.34. The molecule has 1 atom stereocenters. The Morgan fingerprint density at radius 1 is 1.19 bits per heavy atom. The molecule has 0 saturated carbocycles. The van der Waals surface area contributed by atoms with Crippen LogP contribution in [0.25, 0.3) is 11.3 Å². The number of aryl methyl sites for hydroxylation is 1. The molecule has 2 aromatic carbocycles. The monoisotopic (exact) mass is 382 g/mol. The predicted octanol–water partition coefficient (Wildman–Crippen LogP) is 4.57. The number of para-hydroxylation sites is 1. The van der Waals surface area contributed by atoms with Crippen LogP contribution in [0, 0.1) is 0 Å². The molecule has 3 aromatic rings. The number of rotatable bonds is 5. The van der Waals surface area contributed by atoms with Crippen molar-refractivity contribution in [2.75, 3.05) is 6.61 Å². The predicted molar refractivity (Wildman–Crippen MR) is 103 cm³/mol. The fourth-order valence-corrected chi connectivity index (χ4v) is 3.28. The second-order valence-electron chi connectivity index (χ2n) is 6.42. The molecule has 1 aromatic heterocycles. The van der Waals surface area contributed by atoms with Gasteiger partial charge in [0.05, 0.1) is 18.8 Å². The Labute approximate surface area is 162 Å². The largest absolute Gasteiger partial charge is 0.493 e. The lowest BCUT2D eigenvalue weighted by atomic mass is 10.0. The van der Waals surface area contributed by atoms with Crippen molar-refractivity contribution in [2.24, 2.45) is 0 Å². The molecule has 138 valence electrons. The molecule has 0 fully saturated rings. The topological polar surface area (TPSA) is 64.4 Å². The van der Waals surface area contributed by atoms with Crippen LogP contribution in [0.5, 0.6) is 5.75 Å². The number of amides is 1. The van der Waals surface area contributed by atoms with Gasteiger partial charge in [0.15, 0.2) is 11.7 Å². The number of hydrogen-bond acceptors (Lipinski definition) is 4. The zero-order valence-electron chi connectivity index (χ0n) is 14.7. The van der Waals surface area contributed by atoms with E-state index in [4.69, 9.17) is 20.8 Å². The first-order chi connectivity index (χ1) is 13.2. The summed E-state index contributed by atoms with van der Waals surface area (Å²) in [6, 6.07) is 15.2. The normalized spacial score (nSPS) is 15.7. The van der Waals surface area contributed by atoms with E-state index in [-0.39, 0.29) is 11.9 Å². The number of hydrogen-bond donors (Lipinski definition) is 1. The van der Waals surface area contributed by atoms with Crippen molar-refractivity contribution in [1.29, 1.82) is 0 Å². The number of carbonyl (C=O) groups is 1. The minimum atomic E-state index is -0.0251. The van der Waals surface area contributed by atoms with E-state index in [1.165, 1.54) is 0 Å². The van der Waals surface area contributed by atoms with Crippen LogP contribution in [-0.2, 0) is 11.2 Å². The van der Waals surface area contributed by atoms with Gasteiger partial charge in [-0.1, -0.05) is 29.8 Å². The lowest BCUT2D eigenvalue weighted by Crippen LogP contribution is -2.32. The quantitative estimate of drug-likeness (QED) is 0.702. The van der Waals surface area contributed by atoms with Crippen LogP contribution in [0.2, 0.25) is 5.02 Å². The van der Waals surface area contributed by atoms with Crippen LogP contribution in [0.3, 0.4) is 0 Å². The van der Waals surface area contributed by atoms with Crippen molar-refractivity contribution in [1.82, 2.24) is 10.3 Å². The number of nitrogens with zero attached hydrogens (tertiary/aromatic N) is 1. The van der Waals surface area contributed by atoms with Gasteiger partial charge in [0.1, 0.15) is 5.75 Å². The average Bonchev–Trinajstić information content (AvgIpc) is 3.16. The first-order valence-corrected chi connectivity index (χ1v) is 9.28. The summed E-state index contributed by atoms with van der Waals surface area (Å²) in [4.78, 5) is 16.6. The summed E-state index contributed by atoms with van der Waals surface area (Å²) in [6.07, 6.45) is 3.21. The molecule has 1 N–H and O–H groups in total. The molecule has 0 saturated heterocycles. The molecule has 1 amide bonds. The Bertz CT molecular complexity index is 937. The summed E-state index contributed by atoms with van der Waals surface area (Å²) >= 11 is 5.90. The molecule has 0 spiro atoms. The summed E-state index contributed by atoms with van der Waals surface area (Å²) in [5, 5.41) is 3.76. The molecule has 0 aliphatic carbocycles. The molecule has 2 heterocycles. The van der Waals surface area contributed by atoms with E-state index in [9.17, 15) is 4.79 Å². The number of halogens is 1. The van der Waals surface area contributed by atoms with Gasteiger partial charge in [-0.25, -0.2) is 4.98 Å². The van der Waals surface area contributed by atoms with Crippen LogP contribution < -0.4 is 10.1 Å². The molecule has 1 aliphatic rings. The van der Waals surface area contributed by atoms with E-state index in [0.29, 0.717) is 36.1 Å². The van der Waals surface area contributed by atoms with Gasteiger partial charge in [0, 0.05) is 35.4 Å². The van der Waals surface area contributed by atoms with E-state index in [2.05, 4.69) is 10.3 Å². The first-order valence-electron chi connectivity index (χ1n) is 8.91. The van der Waals surface area contributed by atoms with E-state index in [1.54, 1.807) is 18.3 Å². The van der Waals surface area contributed by atoms with Gasteiger partial charge >= 0.3 is 0 Å². The first kappa shape index (κ1) is 17.6. The van der Waals surface area contributed by atoms with Crippen LogP contribution in [0.4, 0.5) is 0 Å². The number of benzene rings is 2. The van der Waals surface area contributed by atoms with Crippen molar-refractivity contribution in [3.05, 3.63) is 71.2 Å². The van der Waals surface area contributed by atoms with Gasteiger partial charge in [-0.3, -0.25) is 4.79 Å². The molecule has 4 rings (SSSR count). The molecule has 1 aliphatic heterocycles. The molecule has 0 unspecified atom stereocenters. The van der Waals surface area contributed by atoms with Crippen LogP contribution in [-0.4, -0.2) is 17.5 Å². The second kappa shape index (κ2) is 7.84. The maximum Gasteiger partial charge on any atom is 0.220 e. The summed E-state index contributed by atoms with van der Waals surface area (Å²) in [5.41, 5.74) is 1.93. The van der Waals surface area contributed by atoms with E-state index in [1.807, 2.05) is 36.4 Å². The highest BCUT2D eigenvalue weighted by Gasteiger charge is 2.22. The number of fused-ring (bicyclic) bond motifs is 1. The molecule has 6 heteroatoms. The number of aromatic nitrogens is 1. The van der Waals surface area contributed by atoms with Crippen LogP contribution in [0.15, 0.2) is 59.1 Å². The average molecular weight is 383 g/mol. The van der Waals surface area contributed by atoms with Gasteiger partial charge in [-0.05, 0) is 30.3 Å². The van der Waals surface area contributed by atoms with Gasteiger partial charge in [0.25, 0.3) is 0 Å². The third-order valence-electron chi connectivity index (χ3n) is 4.54. The minimum Gasteiger partial charge on any atom is -0.493 e. The number of ether oxygens (including phenoxy) is 1. The van der Waals surface area contributed by atoms with Gasteiger partial charge < -0.3 is 14.5 Å². The summed E-state index contributed by atoms with van der Waals surface area (Å²) < 4.78 is 11.4. The third-order valence-corrected chi connectivity index (χ3v) is 4.79. The third kappa shape index (κ3) is 4.14. The highest BCUT2D eigenvalue weighted by Crippen LogP contribution is 2.31. The summed E-state index contributed by atoms with van der Waals surface area (Å²) in [5.74, 6) is 2.03. The zero-order valence-corrected chi connectivity index (χ0v) is 15.4. The highest BCUT2D eigenvalue weighted by atomic mass is 35.5.